The molecule has 0 aromatic carbocycles. The Morgan fingerprint density at radius 3 is 2.24 bits per heavy atom. The van der Waals surface area contributed by atoms with Gasteiger partial charge in [0.1, 0.15) is 6.10 Å². The van der Waals surface area contributed by atoms with Gasteiger partial charge in [-0.25, -0.2) is 0 Å². The van der Waals surface area contributed by atoms with E-state index in [9.17, 15) is 9.59 Å². The summed E-state index contributed by atoms with van der Waals surface area (Å²) in [6, 6.07) is 0.215. The number of nitrogens with one attached hydrogen (secondary N) is 1. The first-order valence-electron chi connectivity index (χ1n) is 7.85. The van der Waals surface area contributed by atoms with E-state index in [1.54, 1.807) is 7.11 Å². The minimum Gasteiger partial charge on any atom is -0.372 e. The van der Waals surface area contributed by atoms with E-state index in [-0.39, 0.29) is 24.0 Å². The van der Waals surface area contributed by atoms with Gasteiger partial charge < -0.3 is 15.0 Å². The monoisotopic (exact) mass is 299 g/mol. The van der Waals surface area contributed by atoms with Crippen molar-refractivity contribution in [2.75, 3.05) is 39.8 Å². The average molecular weight is 299 g/mol. The van der Waals surface area contributed by atoms with Crippen molar-refractivity contribution in [1.82, 2.24) is 15.1 Å². The van der Waals surface area contributed by atoms with Crippen LogP contribution in [0.2, 0.25) is 0 Å². The van der Waals surface area contributed by atoms with Crippen molar-refractivity contribution in [3.8, 4) is 0 Å². The predicted molar refractivity (Wildman–Crippen MR) is 82.0 cm³/mol. The lowest BCUT2D eigenvalue weighted by molar-refractivity contribution is -0.144. The highest BCUT2D eigenvalue weighted by Gasteiger charge is 2.26. The summed E-state index contributed by atoms with van der Waals surface area (Å²) in [6.07, 6.45) is 1.28. The molecule has 0 unspecified atom stereocenters. The first-order chi connectivity index (χ1) is 10.0. The molecule has 0 bridgehead atoms. The van der Waals surface area contributed by atoms with Crippen LogP contribution < -0.4 is 5.32 Å². The van der Waals surface area contributed by atoms with Crippen LogP contribution in [0.15, 0.2) is 0 Å². The molecule has 6 nitrogen and oxygen atoms in total. The predicted octanol–water partition coefficient (Wildman–Crippen LogP) is 0.470. The van der Waals surface area contributed by atoms with Gasteiger partial charge in [-0.15, -0.1) is 0 Å². The molecule has 0 spiro atoms. The van der Waals surface area contributed by atoms with Gasteiger partial charge in [0, 0.05) is 39.3 Å². The molecule has 6 heteroatoms. The van der Waals surface area contributed by atoms with Crippen LogP contribution in [-0.2, 0) is 14.3 Å². The van der Waals surface area contributed by atoms with Crippen molar-refractivity contribution in [1.29, 1.82) is 0 Å². The van der Waals surface area contributed by atoms with Crippen LogP contribution in [0, 0.1) is 0 Å². The van der Waals surface area contributed by atoms with E-state index in [2.05, 4.69) is 17.1 Å². The number of carbonyl (C=O) groups is 2. The molecular formula is C15H29N3O3. The molecule has 122 valence electrons. The van der Waals surface area contributed by atoms with Gasteiger partial charge >= 0.3 is 0 Å². The fourth-order valence-electron chi connectivity index (χ4n) is 2.40. The Bertz CT molecular complexity index is 337. The molecule has 0 aliphatic carbocycles. The van der Waals surface area contributed by atoms with Crippen molar-refractivity contribution >= 4 is 11.8 Å². The molecule has 1 N–H and O–H groups in total. The van der Waals surface area contributed by atoms with Gasteiger partial charge in [0.15, 0.2) is 0 Å². The zero-order chi connectivity index (χ0) is 15.8. The Morgan fingerprint density at radius 1 is 1.14 bits per heavy atom. The highest BCUT2D eigenvalue weighted by Crippen LogP contribution is 2.07. The van der Waals surface area contributed by atoms with Gasteiger partial charge in [0.05, 0.1) is 6.54 Å². The Kier molecular flexibility index (Phi) is 7.67. The van der Waals surface area contributed by atoms with E-state index in [4.69, 9.17) is 4.74 Å². The Labute approximate surface area is 127 Å². The van der Waals surface area contributed by atoms with Crippen molar-refractivity contribution in [2.45, 2.75) is 45.8 Å². The molecule has 0 aromatic heterocycles. The van der Waals surface area contributed by atoms with Gasteiger partial charge in [-0.1, -0.05) is 13.8 Å². The van der Waals surface area contributed by atoms with Gasteiger partial charge in [0.25, 0.3) is 5.91 Å². The molecular weight excluding hydrogens is 270 g/mol. The zero-order valence-electron chi connectivity index (χ0n) is 13.7. The molecule has 1 fully saturated rings. The number of nitrogens with zero attached hydrogens (tertiary/aromatic N) is 2. The summed E-state index contributed by atoms with van der Waals surface area (Å²) in [6.45, 7) is 9.21. The lowest BCUT2D eigenvalue weighted by atomic mass is 10.2. The molecule has 0 saturated carbocycles. The van der Waals surface area contributed by atoms with Crippen molar-refractivity contribution in [3.05, 3.63) is 0 Å². The van der Waals surface area contributed by atoms with Crippen LogP contribution >= 0.6 is 0 Å². The number of ether oxygens (including phenoxy) is 1. The Hall–Kier alpha value is -1.14. The van der Waals surface area contributed by atoms with E-state index < -0.39 is 0 Å². The average Bonchev–Trinajstić information content (AvgIpc) is 2.48. The first-order valence-corrected chi connectivity index (χ1v) is 7.85. The third-order valence-electron chi connectivity index (χ3n) is 4.00. The molecule has 1 aliphatic rings. The Balaban J connectivity index is 2.35. The number of hydrogen-bond acceptors (Lipinski definition) is 4. The molecule has 2 atom stereocenters. The lowest BCUT2D eigenvalue weighted by Gasteiger charge is -2.35. The lowest BCUT2D eigenvalue weighted by Crippen LogP contribution is -2.53. The number of amides is 2. The van der Waals surface area contributed by atoms with Crippen LogP contribution in [0.3, 0.4) is 0 Å². The van der Waals surface area contributed by atoms with E-state index in [0.29, 0.717) is 26.1 Å². The van der Waals surface area contributed by atoms with E-state index in [1.807, 2.05) is 18.7 Å². The quantitative estimate of drug-likeness (QED) is 0.742. The second-order valence-corrected chi connectivity index (χ2v) is 5.61. The Morgan fingerprint density at radius 2 is 1.76 bits per heavy atom. The fourth-order valence-corrected chi connectivity index (χ4v) is 2.40. The number of methoxy groups -OCH3 is 1. The number of piperazine rings is 1. The summed E-state index contributed by atoms with van der Waals surface area (Å²) in [5, 5.41) is 2.97. The normalized spacial score (nSPS) is 19.1. The van der Waals surface area contributed by atoms with Gasteiger partial charge in [-0.2, -0.15) is 0 Å². The van der Waals surface area contributed by atoms with Crippen molar-refractivity contribution in [2.24, 2.45) is 0 Å². The highest BCUT2D eigenvalue weighted by atomic mass is 16.5. The van der Waals surface area contributed by atoms with Crippen LogP contribution in [0.5, 0.6) is 0 Å². The maximum Gasteiger partial charge on any atom is 0.251 e. The standard InChI is InChI=1S/C15H29N3O3/c1-5-12(3)16-14(19)11-17-7-9-18(10-8-17)15(20)13(6-2)21-4/h12-13H,5-11H2,1-4H3,(H,16,19)/t12-,13-/m1/s1. The molecule has 21 heavy (non-hydrogen) atoms. The summed E-state index contributed by atoms with van der Waals surface area (Å²) >= 11 is 0. The van der Waals surface area contributed by atoms with Gasteiger partial charge in [-0.05, 0) is 19.8 Å². The van der Waals surface area contributed by atoms with Crippen LogP contribution in [-0.4, -0.2) is 73.6 Å². The topological polar surface area (TPSA) is 61.9 Å². The van der Waals surface area contributed by atoms with Crippen LogP contribution in [0.4, 0.5) is 0 Å². The highest BCUT2D eigenvalue weighted by molar-refractivity contribution is 5.81. The van der Waals surface area contributed by atoms with Crippen LogP contribution in [0.25, 0.3) is 0 Å². The molecule has 1 heterocycles. The molecule has 0 aromatic rings. The summed E-state index contributed by atoms with van der Waals surface area (Å²) < 4.78 is 5.19. The number of carbonyl (C=O) groups excluding carboxylic acids is 2. The fraction of sp³-hybridized carbons (Fsp3) is 0.867. The smallest absolute Gasteiger partial charge is 0.251 e. The molecule has 1 aliphatic heterocycles. The van der Waals surface area contributed by atoms with Crippen molar-refractivity contribution in [3.63, 3.8) is 0 Å². The zero-order valence-corrected chi connectivity index (χ0v) is 13.7. The van der Waals surface area contributed by atoms with E-state index in [1.165, 1.54) is 0 Å². The second-order valence-electron chi connectivity index (χ2n) is 5.61. The second kappa shape index (κ2) is 9.00. The SMILES string of the molecule is CC[C@@H](C)NC(=O)CN1CCN(C(=O)[C@@H](CC)OC)CC1. The van der Waals surface area contributed by atoms with E-state index in [0.717, 1.165) is 19.5 Å². The summed E-state index contributed by atoms with van der Waals surface area (Å²) in [5.74, 6) is 0.121. The van der Waals surface area contributed by atoms with E-state index >= 15 is 0 Å². The number of rotatable bonds is 7. The molecule has 1 rings (SSSR count). The largest absolute Gasteiger partial charge is 0.372 e. The minimum atomic E-state index is -0.342. The van der Waals surface area contributed by atoms with Gasteiger partial charge in [0.2, 0.25) is 5.91 Å². The third kappa shape index (κ3) is 5.63. The summed E-state index contributed by atoms with van der Waals surface area (Å²) in [4.78, 5) is 27.9. The third-order valence-corrected chi connectivity index (χ3v) is 4.00. The van der Waals surface area contributed by atoms with Crippen LogP contribution in [0.1, 0.15) is 33.6 Å². The summed E-state index contributed by atoms with van der Waals surface area (Å²) in [7, 11) is 1.57. The maximum atomic E-state index is 12.2. The maximum absolute atomic E-state index is 12.2. The number of hydrogen-bond donors (Lipinski definition) is 1. The summed E-state index contributed by atoms with van der Waals surface area (Å²) in [5.41, 5.74) is 0. The molecule has 2 amide bonds. The van der Waals surface area contributed by atoms with Gasteiger partial charge in [-0.3, -0.25) is 14.5 Å². The van der Waals surface area contributed by atoms with Crippen molar-refractivity contribution < 1.29 is 14.3 Å². The molecule has 0 radical (unpaired) electrons. The minimum absolute atomic E-state index is 0.0590. The molecule has 1 saturated heterocycles. The first kappa shape index (κ1) is 17.9.